The fraction of sp³-hybridized carbons (Fsp3) is 0.353. The van der Waals surface area contributed by atoms with E-state index in [1.54, 1.807) is 17.5 Å². The van der Waals surface area contributed by atoms with Crippen molar-refractivity contribution in [2.45, 2.75) is 27.3 Å². The molecule has 0 aliphatic carbocycles. The number of hydrogen-bond donors (Lipinski definition) is 0. The van der Waals surface area contributed by atoms with E-state index in [1.807, 2.05) is 42.5 Å². The minimum atomic E-state index is 0.0428. The van der Waals surface area contributed by atoms with Gasteiger partial charge in [0.2, 0.25) is 0 Å². The Hall–Kier alpha value is -2.21. The number of pyridine rings is 1. The van der Waals surface area contributed by atoms with Gasteiger partial charge in [0.05, 0.1) is 23.7 Å². The van der Waals surface area contributed by atoms with Gasteiger partial charge in [-0.05, 0) is 38.3 Å². The Labute approximate surface area is 139 Å². The van der Waals surface area contributed by atoms with Gasteiger partial charge in [-0.3, -0.25) is 4.79 Å². The summed E-state index contributed by atoms with van der Waals surface area (Å²) in [5.74, 6) is 0.0428. The largest absolute Gasteiger partial charge is 0.339 e. The maximum absolute atomic E-state index is 12.8. The van der Waals surface area contributed by atoms with Gasteiger partial charge in [-0.15, -0.1) is 11.3 Å². The molecule has 1 amide bonds. The SMILES string of the molecule is CCN(CC)C(=O)c1cc(C)nc2c1cnn2Cc1cccs1. The van der Waals surface area contributed by atoms with E-state index >= 15 is 0 Å². The van der Waals surface area contributed by atoms with Crippen LogP contribution >= 0.6 is 11.3 Å². The third-order valence-corrected chi connectivity index (χ3v) is 4.77. The molecule has 120 valence electrons. The molecule has 3 rings (SSSR count). The highest BCUT2D eigenvalue weighted by Gasteiger charge is 2.19. The molecule has 3 aromatic rings. The highest BCUT2D eigenvalue weighted by molar-refractivity contribution is 7.09. The van der Waals surface area contributed by atoms with Crippen molar-refractivity contribution in [3.63, 3.8) is 0 Å². The van der Waals surface area contributed by atoms with Gasteiger partial charge in [0.25, 0.3) is 5.91 Å². The van der Waals surface area contributed by atoms with E-state index in [4.69, 9.17) is 0 Å². The molecule has 0 saturated heterocycles. The molecule has 0 saturated carbocycles. The average Bonchev–Trinajstić information content (AvgIpc) is 3.18. The first-order valence-electron chi connectivity index (χ1n) is 7.78. The minimum Gasteiger partial charge on any atom is -0.339 e. The monoisotopic (exact) mass is 328 g/mol. The zero-order valence-corrected chi connectivity index (χ0v) is 14.4. The summed E-state index contributed by atoms with van der Waals surface area (Å²) in [6.45, 7) is 7.97. The lowest BCUT2D eigenvalue weighted by molar-refractivity contribution is 0.0775. The van der Waals surface area contributed by atoms with Gasteiger partial charge < -0.3 is 4.90 Å². The molecule has 0 bridgehead atoms. The van der Waals surface area contributed by atoms with Crippen molar-refractivity contribution < 1.29 is 4.79 Å². The molecule has 23 heavy (non-hydrogen) atoms. The van der Waals surface area contributed by atoms with Crippen LogP contribution in [0.5, 0.6) is 0 Å². The van der Waals surface area contributed by atoms with E-state index in [2.05, 4.69) is 21.5 Å². The molecule has 0 atom stereocenters. The summed E-state index contributed by atoms with van der Waals surface area (Å²) in [6, 6.07) is 5.97. The smallest absolute Gasteiger partial charge is 0.254 e. The van der Waals surface area contributed by atoms with Crippen molar-refractivity contribution in [2.24, 2.45) is 0 Å². The molecule has 3 aromatic heterocycles. The zero-order chi connectivity index (χ0) is 16.4. The first-order chi connectivity index (χ1) is 11.1. The van der Waals surface area contributed by atoms with Crippen molar-refractivity contribution in [3.8, 4) is 0 Å². The topological polar surface area (TPSA) is 51.0 Å². The van der Waals surface area contributed by atoms with Crippen molar-refractivity contribution in [1.82, 2.24) is 19.7 Å². The number of nitrogens with zero attached hydrogens (tertiary/aromatic N) is 4. The van der Waals surface area contributed by atoms with Crippen LogP contribution in [0.2, 0.25) is 0 Å². The third-order valence-electron chi connectivity index (χ3n) is 3.90. The molecule has 0 aliphatic heterocycles. The number of amides is 1. The summed E-state index contributed by atoms with van der Waals surface area (Å²) in [6.07, 6.45) is 1.76. The number of aryl methyl sites for hydroxylation is 1. The van der Waals surface area contributed by atoms with Crippen LogP contribution in [0.25, 0.3) is 11.0 Å². The second kappa shape index (κ2) is 6.50. The fourth-order valence-electron chi connectivity index (χ4n) is 2.70. The van der Waals surface area contributed by atoms with E-state index in [1.165, 1.54) is 4.88 Å². The van der Waals surface area contributed by atoms with Gasteiger partial charge in [0.15, 0.2) is 5.65 Å². The highest BCUT2D eigenvalue weighted by atomic mass is 32.1. The molecule has 0 aliphatic rings. The second-order valence-corrected chi connectivity index (χ2v) is 6.44. The quantitative estimate of drug-likeness (QED) is 0.722. The second-order valence-electron chi connectivity index (χ2n) is 5.41. The van der Waals surface area contributed by atoms with Crippen molar-refractivity contribution in [1.29, 1.82) is 0 Å². The Morgan fingerprint density at radius 2 is 2.13 bits per heavy atom. The summed E-state index contributed by atoms with van der Waals surface area (Å²) in [7, 11) is 0. The van der Waals surface area contributed by atoms with Gasteiger partial charge >= 0.3 is 0 Å². The van der Waals surface area contributed by atoms with E-state index in [0.29, 0.717) is 25.2 Å². The summed E-state index contributed by atoms with van der Waals surface area (Å²) in [4.78, 5) is 20.4. The molecule has 0 N–H and O–H groups in total. The van der Waals surface area contributed by atoms with Gasteiger partial charge in [-0.2, -0.15) is 5.10 Å². The molecule has 0 unspecified atom stereocenters. The third kappa shape index (κ3) is 2.99. The van der Waals surface area contributed by atoms with E-state index in [9.17, 15) is 4.79 Å². The molecule has 0 spiro atoms. The predicted molar refractivity (Wildman–Crippen MR) is 92.9 cm³/mol. The first kappa shape index (κ1) is 15.7. The Morgan fingerprint density at radius 1 is 1.35 bits per heavy atom. The number of thiophene rings is 1. The normalized spacial score (nSPS) is 11.1. The number of hydrogen-bond acceptors (Lipinski definition) is 4. The van der Waals surface area contributed by atoms with Crippen LogP contribution in [-0.2, 0) is 6.54 Å². The van der Waals surface area contributed by atoms with Crippen molar-refractivity contribution in [2.75, 3.05) is 13.1 Å². The van der Waals surface area contributed by atoms with Gasteiger partial charge in [0.1, 0.15) is 0 Å². The molecule has 0 radical (unpaired) electrons. The number of aromatic nitrogens is 3. The lowest BCUT2D eigenvalue weighted by Crippen LogP contribution is -2.30. The van der Waals surface area contributed by atoms with Gasteiger partial charge in [0, 0.05) is 23.7 Å². The van der Waals surface area contributed by atoms with E-state index in [0.717, 1.165) is 16.7 Å². The van der Waals surface area contributed by atoms with E-state index in [-0.39, 0.29) is 5.91 Å². The fourth-order valence-corrected chi connectivity index (χ4v) is 3.38. The average molecular weight is 328 g/mol. The number of fused-ring (bicyclic) bond motifs is 1. The zero-order valence-electron chi connectivity index (χ0n) is 13.6. The van der Waals surface area contributed by atoms with Crippen LogP contribution in [0.3, 0.4) is 0 Å². The molecule has 5 nitrogen and oxygen atoms in total. The molecule has 3 heterocycles. The minimum absolute atomic E-state index is 0.0428. The lowest BCUT2D eigenvalue weighted by atomic mass is 10.1. The lowest BCUT2D eigenvalue weighted by Gasteiger charge is -2.19. The summed E-state index contributed by atoms with van der Waals surface area (Å²) >= 11 is 1.69. The standard InChI is InChI=1S/C17H20N4OS/c1-4-20(5-2)17(22)14-9-12(3)19-16-15(14)10-18-21(16)11-13-7-6-8-23-13/h6-10H,4-5,11H2,1-3H3. The Balaban J connectivity index is 2.06. The summed E-state index contributed by atoms with van der Waals surface area (Å²) in [5.41, 5.74) is 2.29. The van der Waals surface area contributed by atoms with Crippen LogP contribution in [-0.4, -0.2) is 38.7 Å². The molecule has 0 fully saturated rings. The summed E-state index contributed by atoms with van der Waals surface area (Å²) in [5, 5.41) is 7.33. The van der Waals surface area contributed by atoms with E-state index < -0.39 is 0 Å². The number of rotatable bonds is 5. The Bertz CT molecular complexity index is 819. The van der Waals surface area contributed by atoms with Crippen molar-refractivity contribution in [3.05, 3.63) is 45.9 Å². The maximum Gasteiger partial charge on any atom is 0.254 e. The number of carbonyl (C=O) groups excluding carboxylic acids is 1. The van der Waals surface area contributed by atoms with Crippen LogP contribution in [0.1, 0.15) is 34.8 Å². The maximum atomic E-state index is 12.8. The van der Waals surface area contributed by atoms with Crippen LogP contribution in [0.15, 0.2) is 29.8 Å². The number of carbonyl (C=O) groups is 1. The molecule has 6 heteroatoms. The highest BCUT2D eigenvalue weighted by Crippen LogP contribution is 2.21. The van der Waals surface area contributed by atoms with Crippen molar-refractivity contribution >= 4 is 28.3 Å². The van der Waals surface area contributed by atoms with Crippen LogP contribution in [0.4, 0.5) is 0 Å². The Kier molecular flexibility index (Phi) is 4.43. The van der Waals surface area contributed by atoms with Gasteiger partial charge in [-0.1, -0.05) is 6.07 Å². The molecule has 0 aromatic carbocycles. The molecular weight excluding hydrogens is 308 g/mol. The summed E-state index contributed by atoms with van der Waals surface area (Å²) < 4.78 is 1.87. The Morgan fingerprint density at radius 3 is 2.78 bits per heavy atom. The van der Waals surface area contributed by atoms with Gasteiger partial charge in [-0.25, -0.2) is 9.67 Å². The first-order valence-corrected chi connectivity index (χ1v) is 8.66. The van der Waals surface area contributed by atoms with Crippen LogP contribution in [0, 0.1) is 6.92 Å². The predicted octanol–water partition coefficient (Wildman–Crippen LogP) is 3.33. The molecular formula is C17H20N4OS. The van der Waals surface area contributed by atoms with Crippen LogP contribution < -0.4 is 0 Å².